The monoisotopic (exact) mass is 247 g/mol. The maximum Gasteiger partial charge on any atom is 0.241 e. The van der Waals surface area contributed by atoms with Gasteiger partial charge in [0.1, 0.15) is 5.76 Å². The van der Waals surface area contributed by atoms with Gasteiger partial charge in [-0.3, -0.25) is 4.79 Å². The van der Waals surface area contributed by atoms with Crippen LogP contribution in [0.2, 0.25) is 0 Å². The third-order valence-corrected chi connectivity index (χ3v) is 3.27. The van der Waals surface area contributed by atoms with Crippen molar-refractivity contribution < 1.29 is 9.21 Å². The maximum absolute atomic E-state index is 12.3. The van der Waals surface area contributed by atoms with Crippen LogP contribution >= 0.6 is 0 Å². The molecule has 0 aliphatic carbocycles. The van der Waals surface area contributed by atoms with Crippen LogP contribution in [-0.4, -0.2) is 29.4 Å². The summed E-state index contributed by atoms with van der Waals surface area (Å²) in [6, 6.07) is 5.49. The Bertz CT molecular complexity index is 436. The Morgan fingerprint density at radius 2 is 2.50 bits per heavy atom. The van der Waals surface area contributed by atoms with Crippen LogP contribution < -0.4 is 5.32 Å². The number of hydrogen-bond acceptors (Lipinski definition) is 4. The van der Waals surface area contributed by atoms with E-state index >= 15 is 0 Å². The number of carbonyl (C=O) groups excluding carboxylic acids is 1. The normalized spacial score (nSPS) is 24.7. The van der Waals surface area contributed by atoms with E-state index < -0.39 is 6.04 Å². The van der Waals surface area contributed by atoms with Gasteiger partial charge in [-0.05, 0) is 32.0 Å². The standard InChI is InChI=1S/C13H17N3O2/c1-10-5-7-15-12(4-6-14)13(17)16(10)9-11-3-2-8-18-11/h2-3,8,10,12,15H,4-5,7,9H2,1H3. The second-order valence-electron chi connectivity index (χ2n) is 4.55. The highest BCUT2D eigenvalue weighted by molar-refractivity contribution is 5.82. The van der Waals surface area contributed by atoms with Crippen molar-refractivity contribution in [2.45, 2.75) is 38.4 Å². The van der Waals surface area contributed by atoms with Crippen LogP contribution in [0.3, 0.4) is 0 Å². The molecular formula is C13H17N3O2. The van der Waals surface area contributed by atoms with Gasteiger partial charge in [0, 0.05) is 6.04 Å². The molecule has 5 nitrogen and oxygen atoms in total. The summed E-state index contributed by atoms with van der Waals surface area (Å²) in [4.78, 5) is 14.1. The molecule has 0 spiro atoms. The summed E-state index contributed by atoms with van der Waals surface area (Å²) in [7, 11) is 0. The molecule has 2 atom stereocenters. The fourth-order valence-electron chi connectivity index (χ4n) is 2.18. The Morgan fingerprint density at radius 3 is 3.17 bits per heavy atom. The number of nitrogens with zero attached hydrogens (tertiary/aromatic N) is 2. The lowest BCUT2D eigenvalue weighted by atomic mass is 10.1. The number of nitrogens with one attached hydrogen (secondary N) is 1. The molecule has 2 unspecified atom stereocenters. The summed E-state index contributed by atoms with van der Waals surface area (Å²) in [5.74, 6) is 0.755. The van der Waals surface area contributed by atoms with E-state index in [2.05, 4.69) is 11.4 Å². The van der Waals surface area contributed by atoms with Crippen LogP contribution in [0, 0.1) is 11.3 Å². The van der Waals surface area contributed by atoms with Crippen molar-refractivity contribution in [3.8, 4) is 6.07 Å². The van der Waals surface area contributed by atoms with Crippen molar-refractivity contribution in [2.24, 2.45) is 0 Å². The Labute approximate surface area is 106 Å². The molecule has 1 aliphatic heterocycles. The van der Waals surface area contributed by atoms with Gasteiger partial charge in [0.05, 0.1) is 31.3 Å². The van der Waals surface area contributed by atoms with Crippen LogP contribution in [0.1, 0.15) is 25.5 Å². The minimum absolute atomic E-state index is 0.0158. The van der Waals surface area contributed by atoms with Gasteiger partial charge >= 0.3 is 0 Å². The van der Waals surface area contributed by atoms with Gasteiger partial charge in [0.15, 0.2) is 0 Å². The van der Waals surface area contributed by atoms with E-state index in [1.54, 1.807) is 11.2 Å². The van der Waals surface area contributed by atoms with Crippen molar-refractivity contribution in [1.82, 2.24) is 10.2 Å². The van der Waals surface area contributed by atoms with Crippen LogP contribution in [0.25, 0.3) is 0 Å². The average Bonchev–Trinajstić information content (AvgIpc) is 2.82. The highest BCUT2D eigenvalue weighted by atomic mass is 16.3. The van der Waals surface area contributed by atoms with Crippen LogP contribution in [-0.2, 0) is 11.3 Å². The van der Waals surface area contributed by atoms with Crippen molar-refractivity contribution >= 4 is 5.91 Å². The van der Waals surface area contributed by atoms with Crippen LogP contribution in [0.4, 0.5) is 0 Å². The molecule has 0 bridgehead atoms. The molecule has 1 saturated heterocycles. The Morgan fingerprint density at radius 1 is 1.67 bits per heavy atom. The predicted octanol–water partition coefficient (Wildman–Crippen LogP) is 1.27. The highest BCUT2D eigenvalue weighted by Crippen LogP contribution is 2.16. The molecule has 1 fully saturated rings. The first-order valence-electron chi connectivity index (χ1n) is 6.15. The zero-order chi connectivity index (χ0) is 13.0. The number of rotatable bonds is 3. The smallest absolute Gasteiger partial charge is 0.241 e. The minimum Gasteiger partial charge on any atom is -0.467 e. The molecule has 5 heteroatoms. The summed E-state index contributed by atoms with van der Waals surface area (Å²) in [6.45, 7) is 3.25. The minimum atomic E-state index is -0.394. The van der Waals surface area contributed by atoms with E-state index in [0.29, 0.717) is 6.54 Å². The molecule has 96 valence electrons. The second kappa shape index (κ2) is 5.69. The van der Waals surface area contributed by atoms with Crippen molar-refractivity contribution in [1.29, 1.82) is 5.26 Å². The molecule has 1 N–H and O–H groups in total. The molecule has 18 heavy (non-hydrogen) atoms. The fraction of sp³-hybridized carbons (Fsp3) is 0.538. The van der Waals surface area contributed by atoms with Crippen molar-refractivity contribution in [3.63, 3.8) is 0 Å². The van der Waals surface area contributed by atoms with E-state index in [1.807, 2.05) is 19.1 Å². The number of nitriles is 1. The Kier molecular flexibility index (Phi) is 4.00. The third-order valence-electron chi connectivity index (χ3n) is 3.27. The van der Waals surface area contributed by atoms with E-state index in [0.717, 1.165) is 18.7 Å². The van der Waals surface area contributed by atoms with Gasteiger partial charge in [-0.2, -0.15) is 5.26 Å². The predicted molar refractivity (Wildman–Crippen MR) is 65.4 cm³/mol. The molecular weight excluding hydrogens is 230 g/mol. The van der Waals surface area contributed by atoms with Crippen molar-refractivity contribution in [2.75, 3.05) is 6.54 Å². The van der Waals surface area contributed by atoms with Gasteiger partial charge in [-0.1, -0.05) is 0 Å². The van der Waals surface area contributed by atoms with Gasteiger partial charge in [0.2, 0.25) is 5.91 Å². The summed E-state index contributed by atoms with van der Waals surface area (Å²) in [5, 5.41) is 11.9. The molecule has 2 heterocycles. The van der Waals surface area contributed by atoms with Gasteiger partial charge in [-0.15, -0.1) is 0 Å². The summed E-state index contributed by atoms with van der Waals surface area (Å²) in [6.07, 6.45) is 2.70. The van der Waals surface area contributed by atoms with Crippen LogP contribution in [0.5, 0.6) is 0 Å². The number of hydrogen-bond donors (Lipinski definition) is 1. The molecule has 1 aliphatic rings. The second-order valence-corrected chi connectivity index (χ2v) is 4.55. The number of furan rings is 1. The first kappa shape index (κ1) is 12.7. The van der Waals surface area contributed by atoms with E-state index in [4.69, 9.17) is 9.68 Å². The molecule has 1 amide bonds. The molecule has 0 aromatic carbocycles. The molecule has 1 aromatic heterocycles. The van der Waals surface area contributed by atoms with E-state index in [-0.39, 0.29) is 18.4 Å². The first-order chi connectivity index (χ1) is 8.72. The summed E-state index contributed by atoms with van der Waals surface area (Å²) >= 11 is 0. The van der Waals surface area contributed by atoms with Gasteiger partial charge in [-0.25, -0.2) is 0 Å². The van der Waals surface area contributed by atoms with Gasteiger partial charge in [0.25, 0.3) is 0 Å². The topological polar surface area (TPSA) is 69.3 Å². The lowest BCUT2D eigenvalue weighted by Gasteiger charge is -2.27. The lowest BCUT2D eigenvalue weighted by molar-refractivity contribution is -0.135. The fourth-order valence-corrected chi connectivity index (χ4v) is 2.18. The molecule has 0 saturated carbocycles. The highest BCUT2D eigenvalue weighted by Gasteiger charge is 2.30. The Balaban J connectivity index is 2.13. The zero-order valence-electron chi connectivity index (χ0n) is 10.4. The zero-order valence-corrected chi connectivity index (χ0v) is 10.4. The van der Waals surface area contributed by atoms with E-state index in [1.165, 1.54) is 0 Å². The van der Waals surface area contributed by atoms with E-state index in [9.17, 15) is 4.79 Å². The first-order valence-corrected chi connectivity index (χ1v) is 6.15. The number of amides is 1. The van der Waals surface area contributed by atoms with Gasteiger partial charge < -0.3 is 14.6 Å². The maximum atomic E-state index is 12.3. The lowest BCUT2D eigenvalue weighted by Crippen LogP contribution is -2.45. The van der Waals surface area contributed by atoms with Crippen molar-refractivity contribution in [3.05, 3.63) is 24.2 Å². The summed E-state index contributed by atoms with van der Waals surface area (Å²) in [5.41, 5.74) is 0. The molecule has 0 radical (unpaired) electrons. The largest absolute Gasteiger partial charge is 0.467 e. The van der Waals surface area contributed by atoms with Crippen LogP contribution in [0.15, 0.2) is 22.8 Å². The third kappa shape index (κ3) is 2.71. The quantitative estimate of drug-likeness (QED) is 0.873. The summed E-state index contributed by atoms with van der Waals surface area (Å²) < 4.78 is 5.29. The average molecular weight is 247 g/mol. The number of carbonyl (C=O) groups is 1. The Hall–Kier alpha value is -1.80. The molecule has 1 aromatic rings. The molecule has 2 rings (SSSR count). The SMILES string of the molecule is CC1CCNC(CC#N)C(=O)N1Cc1ccco1.